The van der Waals surface area contributed by atoms with Gasteiger partial charge in [-0.2, -0.15) is 0 Å². The van der Waals surface area contributed by atoms with Crippen molar-refractivity contribution < 1.29 is 23.2 Å². The second kappa shape index (κ2) is 9.72. The molecule has 0 aromatic heterocycles. The number of amides is 4. The minimum absolute atomic E-state index is 0.109. The predicted octanol–water partition coefficient (Wildman–Crippen LogP) is 1.71. The van der Waals surface area contributed by atoms with Crippen LogP contribution in [0.1, 0.15) is 38.2 Å². The molecule has 3 fully saturated rings. The van der Waals surface area contributed by atoms with Gasteiger partial charge in [0.05, 0.1) is 13.2 Å². The van der Waals surface area contributed by atoms with Crippen molar-refractivity contribution >= 4 is 17.8 Å². The summed E-state index contributed by atoms with van der Waals surface area (Å²) in [7, 11) is 0. The Labute approximate surface area is 192 Å². The van der Waals surface area contributed by atoms with Gasteiger partial charge in [-0.1, -0.05) is 18.9 Å². The lowest BCUT2D eigenvalue weighted by molar-refractivity contribution is -0.133. The first-order valence-electron chi connectivity index (χ1n) is 11.6. The molecule has 4 rings (SSSR count). The Kier molecular flexibility index (Phi) is 6.94. The molecule has 3 aliphatic heterocycles. The van der Waals surface area contributed by atoms with E-state index in [0.29, 0.717) is 32.7 Å². The number of imide groups is 1. The van der Waals surface area contributed by atoms with Crippen LogP contribution in [0.2, 0.25) is 0 Å². The van der Waals surface area contributed by atoms with E-state index in [0.717, 1.165) is 43.0 Å². The molecule has 3 saturated heterocycles. The van der Waals surface area contributed by atoms with Crippen molar-refractivity contribution in [3.63, 3.8) is 0 Å². The van der Waals surface area contributed by atoms with Gasteiger partial charge in [0.2, 0.25) is 5.91 Å². The molecule has 3 heterocycles. The Hall–Kier alpha value is -2.59. The molecule has 10 heteroatoms. The standard InChI is InChI=1S/C23H31F2N5O3/c1-23(17-6-7-18(24)19(25)14-17)21(32)30(22(33)26-23)16-28-12-10-27(11-13-28)15-20(31)29-8-4-2-3-5-9-29/h6-7,14H,2-5,8-13,15-16H2,1H3,(H,26,33). The maximum atomic E-state index is 13.7. The normalized spacial score (nSPS) is 25.3. The molecule has 0 bridgehead atoms. The number of hydrogen-bond acceptors (Lipinski definition) is 5. The molecule has 0 radical (unpaired) electrons. The Morgan fingerprint density at radius 2 is 1.58 bits per heavy atom. The molecule has 1 N–H and O–H groups in total. The van der Waals surface area contributed by atoms with Crippen molar-refractivity contribution in [3.05, 3.63) is 35.4 Å². The van der Waals surface area contributed by atoms with Crippen LogP contribution in [0.5, 0.6) is 0 Å². The smallest absolute Gasteiger partial charge is 0.326 e. The monoisotopic (exact) mass is 463 g/mol. The third-order valence-electron chi connectivity index (χ3n) is 6.90. The molecule has 1 unspecified atom stereocenters. The van der Waals surface area contributed by atoms with E-state index in [1.807, 2.05) is 9.80 Å². The number of benzene rings is 1. The molecule has 33 heavy (non-hydrogen) atoms. The van der Waals surface area contributed by atoms with Crippen LogP contribution in [0.4, 0.5) is 13.6 Å². The van der Waals surface area contributed by atoms with Crippen LogP contribution < -0.4 is 5.32 Å². The first-order valence-corrected chi connectivity index (χ1v) is 11.6. The highest BCUT2D eigenvalue weighted by Crippen LogP contribution is 2.30. The number of nitrogens with one attached hydrogen (secondary N) is 1. The zero-order valence-corrected chi connectivity index (χ0v) is 19.0. The van der Waals surface area contributed by atoms with Crippen LogP contribution in [0.25, 0.3) is 0 Å². The molecule has 4 amide bonds. The molecule has 0 aliphatic carbocycles. The molecule has 1 aromatic carbocycles. The summed E-state index contributed by atoms with van der Waals surface area (Å²) in [6, 6.07) is 2.63. The maximum absolute atomic E-state index is 13.7. The fourth-order valence-electron chi connectivity index (χ4n) is 4.73. The lowest BCUT2D eigenvalue weighted by Crippen LogP contribution is -2.53. The Bertz CT molecular complexity index is 913. The number of urea groups is 1. The first-order chi connectivity index (χ1) is 15.8. The summed E-state index contributed by atoms with van der Waals surface area (Å²) in [5.74, 6) is -2.41. The summed E-state index contributed by atoms with van der Waals surface area (Å²) in [6.07, 6.45) is 4.49. The minimum Gasteiger partial charge on any atom is -0.342 e. The zero-order valence-electron chi connectivity index (χ0n) is 19.0. The van der Waals surface area contributed by atoms with Crippen LogP contribution in [0.3, 0.4) is 0 Å². The zero-order chi connectivity index (χ0) is 23.6. The fourth-order valence-corrected chi connectivity index (χ4v) is 4.73. The second-order valence-corrected chi connectivity index (χ2v) is 9.25. The summed E-state index contributed by atoms with van der Waals surface area (Å²) in [5, 5.41) is 2.62. The number of rotatable bonds is 5. The molecular weight excluding hydrogens is 432 g/mol. The van der Waals surface area contributed by atoms with Gasteiger partial charge in [-0.3, -0.25) is 19.4 Å². The number of hydrogen-bond donors (Lipinski definition) is 1. The van der Waals surface area contributed by atoms with Crippen LogP contribution in [-0.4, -0.2) is 89.9 Å². The molecule has 0 saturated carbocycles. The average molecular weight is 464 g/mol. The van der Waals surface area contributed by atoms with Crippen LogP contribution in [0.15, 0.2) is 18.2 Å². The molecule has 1 aromatic rings. The van der Waals surface area contributed by atoms with Crippen molar-refractivity contribution in [1.29, 1.82) is 0 Å². The highest BCUT2D eigenvalue weighted by molar-refractivity contribution is 6.07. The first kappa shape index (κ1) is 23.6. The third kappa shape index (κ3) is 5.01. The summed E-state index contributed by atoms with van der Waals surface area (Å²) in [5.41, 5.74) is -1.26. The lowest BCUT2D eigenvalue weighted by atomic mass is 9.92. The van der Waals surface area contributed by atoms with Gasteiger partial charge >= 0.3 is 6.03 Å². The van der Waals surface area contributed by atoms with E-state index < -0.39 is 29.1 Å². The van der Waals surface area contributed by atoms with Crippen molar-refractivity contribution in [1.82, 2.24) is 24.9 Å². The minimum atomic E-state index is -1.45. The summed E-state index contributed by atoms with van der Waals surface area (Å²) in [6.45, 7) is 6.24. The average Bonchev–Trinajstić information content (AvgIpc) is 2.99. The number of halogens is 2. The summed E-state index contributed by atoms with van der Waals surface area (Å²) in [4.78, 5) is 45.4. The summed E-state index contributed by atoms with van der Waals surface area (Å²) < 4.78 is 27.0. The topological polar surface area (TPSA) is 76.2 Å². The van der Waals surface area contributed by atoms with Gasteiger partial charge in [0.1, 0.15) is 5.54 Å². The van der Waals surface area contributed by atoms with Crippen LogP contribution >= 0.6 is 0 Å². The van der Waals surface area contributed by atoms with Gasteiger partial charge in [-0.05, 0) is 37.5 Å². The van der Waals surface area contributed by atoms with Gasteiger partial charge < -0.3 is 10.2 Å². The van der Waals surface area contributed by atoms with E-state index in [1.54, 1.807) is 0 Å². The van der Waals surface area contributed by atoms with Crippen molar-refractivity contribution in [2.75, 3.05) is 52.5 Å². The van der Waals surface area contributed by atoms with E-state index >= 15 is 0 Å². The highest BCUT2D eigenvalue weighted by Gasteiger charge is 2.49. The Morgan fingerprint density at radius 3 is 2.21 bits per heavy atom. The molecule has 180 valence electrons. The van der Waals surface area contributed by atoms with E-state index in [4.69, 9.17) is 0 Å². The predicted molar refractivity (Wildman–Crippen MR) is 117 cm³/mol. The lowest BCUT2D eigenvalue weighted by Gasteiger charge is -2.36. The number of piperazine rings is 1. The van der Waals surface area contributed by atoms with Gasteiger partial charge in [0.25, 0.3) is 5.91 Å². The van der Waals surface area contributed by atoms with E-state index in [2.05, 4.69) is 10.2 Å². The number of carbonyl (C=O) groups excluding carboxylic acids is 3. The molecule has 8 nitrogen and oxygen atoms in total. The highest BCUT2D eigenvalue weighted by atomic mass is 19.2. The van der Waals surface area contributed by atoms with Gasteiger partial charge in [0, 0.05) is 39.3 Å². The maximum Gasteiger partial charge on any atom is 0.326 e. The molecule has 3 aliphatic rings. The quantitative estimate of drug-likeness (QED) is 0.673. The van der Waals surface area contributed by atoms with Crippen LogP contribution in [-0.2, 0) is 15.1 Å². The van der Waals surface area contributed by atoms with Crippen molar-refractivity contribution in [2.24, 2.45) is 0 Å². The van der Waals surface area contributed by atoms with Gasteiger partial charge in [-0.15, -0.1) is 0 Å². The SMILES string of the molecule is CC1(c2ccc(F)c(F)c2)NC(=O)N(CN2CCN(CC(=O)N3CCCCCC3)CC2)C1=O. The Morgan fingerprint density at radius 1 is 0.939 bits per heavy atom. The summed E-state index contributed by atoms with van der Waals surface area (Å²) >= 11 is 0. The number of carbonyl (C=O) groups is 3. The molecular formula is C23H31F2N5O3. The van der Waals surface area contributed by atoms with Gasteiger partial charge in [-0.25, -0.2) is 18.5 Å². The third-order valence-corrected chi connectivity index (χ3v) is 6.90. The van der Waals surface area contributed by atoms with Gasteiger partial charge in [0.15, 0.2) is 11.6 Å². The molecule has 1 atom stereocenters. The van der Waals surface area contributed by atoms with E-state index in [9.17, 15) is 23.2 Å². The van der Waals surface area contributed by atoms with E-state index in [-0.39, 0.29) is 18.1 Å². The Balaban J connectivity index is 1.31. The number of likely N-dealkylation sites (tertiary alicyclic amines) is 1. The fraction of sp³-hybridized carbons (Fsp3) is 0.609. The molecule has 0 spiro atoms. The number of nitrogens with zero attached hydrogens (tertiary/aromatic N) is 4. The van der Waals surface area contributed by atoms with E-state index in [1.165, 1.54) is 25.8 Å². The van der Waals surface area contributed by atoms with Crippen molar-refractivity contribution in [3.8, 4) is 0 Å². The largest absolute Gasteiger partial charge is 0.342 e. The van der Waals surface area contributed by atoms with Crippen molar-refractivity contribution in [2.45, 2.75) is 38.1 Å². The second-order valence-electron chi connectivity index (χ2n) is 9.25. The van der Waals surface area contributed by atoms with Crippen LogP contribution in [0, 0.1) is 11.6 Å².